The summed E-state index contributed by atoms with van der Waals surface area (Å²) in [5.74, 6) is -0.977. The Balaban J connectivity index is 2.31. The molecule has 0 saturated heterocycles. The van der Waals surface area contributed by atoms with Crippen molar-refractivity contribution in [3.8, 4) is 0 Å². The Labute approximate surface area is 105 Å². The molecule has 0 spiro atoms. The van der Waals surface area contributed by atoms with Gasteiger partial charge in [0.15, 0.2) is 0 Å². The van der Waals surface area contributed by atoms with E-state index in [9.17, 15) is 9.90 Å². The van der Waals surface area contributed by atoms with Gasteiger partial charge in [-0.05, 0) is 23.4 Å². The van der Waals surface area contributed by atoms with E-state index in [2.05, 4.69) is 13.0 Å². The van der Waals surface area contributed by atoms with Gasteiger partial charge in [-0.15, -0.1) is 0 Å². The SMILES string of the molecule is CCc1cccc2ccn(CC(O)CC(=O)O)c12. The van der Waals surface area contributed by atoms with E-state index in [1.165, 1.54) is 5.56 Å². The fraction of sp³-hybridized carbons (Fsp3) is 0.357. The topological polar surface area (TPSA) is 62.5 Å². The Morgan fingerprint density at radius 3 is 2.83 bits per heavy atom. The van der Waals surface area contributed by atoms with Crippen LogP contribution in [0.2, 0.25) is 0 Å². The number of benzene rings is 1. The van der Waals surface area contributed by atoms with Gasteiger partial charge in [0.25, 0.3) is 0 Å². The van der Waals surface area contributed by atoms with Gasteiger partial charge in [-0.1, -0.05) is 25.1 Å². The minimum Gasteiger partial charge on any atom is -0.481 e. The van der Waals surface area contributed by atoms with Crippen LogP contribution in [-0.4, -0.2) is 26.9 Å². The van der Waals surface area contributed by atoms with Crippen LogP contribution in [0.5, 0.6) is 0 Å². The molecule has 2 aromatic rings. The van der Waals surface area contributed by atoms with Gasteiger partial charge in [-0.2, -0.15) is 0 Å². The molecule has 0 fully saturated rings. The summed E-state index contributed by atoms with van der Waals surface area (Å²) in [5, 5.41) is 19.5. The highest BCUT2D eigenvalue weighted by Crippen LogP contribution is 2.21. The number of aliphatic carboxylic acids is 1. The van der Waals surface area contributed by atoms with Crippen LogP contribution < -0.4 is 0 Å². The van der Waals surface area contributed by atoms with Crippen molar-refractivity contribution in [1.82, 2.24) is 4.57 Å². The standard InChI is InChI=1S/C14H17NO3/c1-2-10-4-3-5-11-6-7-15(14(10)11)9-12(16)8-13(17)18/h3-7,12,16H,2,8-9H2,1H3,(H,17,18). The number of para-hydroxylation sites is 1. The molecule has 1 aromatic carbocycles. The summed E-state index contributed by atoms with van der Waals surface area (Å²) in [5.41, 5.74) is 2.30. The summed E-state index contributed by atoms with van der Waals surface area (Å²) in [6.07, 6.45) is 1.72. The summed E-state index contributed by atoms with van der Waals surface area (Å²) in [6.45, 7) is 2.40. The van der Waals surface area contributed by atoms with Gasteiger partial charge in [0.1, 0.15) is 0 Å². The van der Waals surface area contributed by atoms with Gasteiger partial charge in [0.2, 0.25) is 0 Å². The molecule has 1 unspecified atom stereocenters. The number of carboxylic acid groups (broad SMARTS) is 1. The number of aliphatic hydroxyl groups is 1. The van der Waals surface area contributed by atoms with Crippen molar-refractivity contribution >= 4 is 16.9 Å². The molecule has 1 aromatic heterocycles. The number of aryl methyl sites for hydroxylation is 1. The molecule has 1 heterocycles. The molecule has 4 nitrogen and oxygen atoms in total. The third-order valence-corrected chi connectivity index (χ3v) is 3.07. The Kier molecular flexibility index (Phi) is 3.67. The molecule has 0 saturated carbocycles. The number of nitrogens with zero attached hydrogens (tertiary/aromatic N) is 1. The quantitative estimate of drug-likeness (QED) is 0.850. The molecule has 0 amide bonds. The van der Waals surface area contributed by atoms with E-state index in [1.807, 2.05) is 29.0 Å². The van der Waals surface area contributed by atoms with Gasteiger partial charge >= 0.3 is 5.97 Å². The second kappa shape index (κ2) is 5.23. The number of carbonyl (C=O) groups is 1. The largest absolute Gasteiger partial charge is 0.481 e. The maximum Gasteiger partial charge on any atom is 0.306 e. The minimum absolute atomic E-state index is 0.228. The Hall–Kier alpha value is -1.81. The van der Waals surface area contributed by atoms with Crippen LogP contribution in [0.4, 0.5) is 0 Å². The van der Waals surface area contributed by atoms with E-state index < -0.39 is 12.1 Å². The number of rotatable bonds is 5. The maximum atomic E-state index is 10.6. The Morgan fingerprint density at radius 1 is 1.39 bits per heavy atom. The molecule has 0 aliphatic carbocycles. The van der Waals surface area contributed by atoms with Crippen LogP contribution in [0.25, 0.3) is 10.9 Å². The maximum absolute atomic E-state index is 10.6. The summed E-state index contributed by atoms with van der Waals surface area (Å²) >= 11 is 0. The lowest BCUT2D eigenvalue weighted by Crippen LogP contribution is -2.19. The second-order valence-electron chi connectivity index (χ2n) is 4.43. The van der Waals surface area contributed by atoms with E-state index in [4.69, 9.17) is 5.11 Å². The van der Waals surface area contributed by atoms with Crippen molar-refractivity contribution in [1.29, 1.82) is 0 Å². The van der Waals surface area contributed by atoms with Crippen molar-refractivity contribution in [2.45, 2.75) is 32.4 Å². The van der Waals surface area contributed by atoms with Crippen LogP contribution in [0.15, 0.2) is 30.5 Å². The first-order valence-corrected chi connectivity index (χ1v) is 6.08. The first-order valence-electron chi connectivity index (χ1n) is 6.08. The normalized spacial score (nSPS) is 12.8. The molecular weight excluding hydrogens is 230 g/mol. The fourth-order valence-electron chi connectivity index (χ4n) is 2.27. The fourth-order valence-corrected chi connectivity index (χ4v) is 2.27. The highest BCUT2D eigenvalue weighted by molar-refractivity contribution is 5.83. The number of aromatic nitrogens is 1. The first-order chi connectivity index (χ1) is 8.61. The summed E-state index contributed by atoms with van der Waals surface area (Å²) < 4.78 is 1.93. The highest BCUT2D eigenvalue weighted by Gasteiger charge is 2.12. The second-order valence-corrected chi connectivity index (χ2v) is 4.43. The van der Waals surface area contributed by atoms with Crippen molar-refractivity contribution in [3.63, 3.8) is 0 Å². The smallest absolute Gasteiger partial charge is 0.306 e. The van der Waals surface area contributed by atoms with E-state index in [-0.39, 0.29) is 6.42 Å². The summed E-state index contributed by atoms with van der Waals surface area (Å²) in [4.78, 5) is 10.6. The number of hydrogen-bond acceptors (Lipinski definition) is 2. The highest BCUT2D eigenvalue weighted by atomic mass is 16.4. The number of hydrogen-bond donors (Lipinski definition) is 2. The lowest BCUT2D eigenvalue weighted by atomic mass is 10.1. The first kappa shape index (κ1) is 12.6. The van der Waals surface area contributed by atoms with Crippen molar-refractivity contribution in [3.05, 3.63) is 36.0 Å². The number of aliphatic hydroxyl groups excluding tert-OH is 1. The third-order valence-electron chi connectivity index (χ3n) is 3.07. The number of fused-ring (bicyclic) bond motifs is 1. The molecule has 2 N–H and O–H groups in total. The molecule has 0 aliphatic rings. The predicted molar refractivity (Wildman–Crippen MR) is 69.6 cm³/mol. The molecule has 4 heteroatoms. The molecular formula is C14H17NO3. The molecule has 0 radical (unpaired) electrons. The monoisotopic (exact) mass is 247 g/mol. The van der Waals surface area contributed by atoms with Crippen LogP contribution >= 0.6 is 0 Å². The average molecular weight is 247 g/mol. The van der Waals surface area contributed by atoms with E-state index in [0.29, 0.717) is 6.54 Å². The van der Waals surface area contributed by atoms with Crippen molar-refractivity contribution in [2.75, 3.05) is 0 Å². The van der Waals surface area contributed by atoms with Crippen LogP contribution in [-0.2, 0) is 17.8 Å². The Morgan fingerprint density at radius 2 is 2.17 bits per heavy atom. The van der Waals surface area contributed by atoms with E-state index in [0.717, 1.165) is 17.3 Å². The van der Waals surface area contributed by atoms with E-state index >= 15 is 0 Å². The lowest BCUT2D eigenvalue weighted by Gasteiger charge is -2.12. The zero-order valence-corrected chi connectivity index (χ0v) is 10.3. The predicted octanol–water partition coefficient (Wildman–Crippen LogP) is 2.04. The van der Waals surface area contributed by atoms with Crippen LogP contribution in [0.3, 0.4) is 0 Å². The molecule has 1 atom stereocenters. The number of carboxylic acids is 1. The zero-order chi connectivity index (χ0) is 13.1. The van der Waals surface area contributed by atoms with Crippen LogP contribution in [0, 0.1) is 0 Å². The molecule has 0 bridgehead atoms. The molecule has 96 valence electrons. The average Bonchev–Trinajstić information content (AvgIpc) is 2.71. The molecule has 0 aliphatic heterocycles. The van der Waals surface area contributed by atoms with E-state index in [1.54, 1.807) is 0 Å². The third kappa shape index (κ3) is 2.54. The van der Waals surface area contributed by atoms with Gasteiger partial charge in [0.05, 0.1) is 18.0 Å². The molecule has 2 rings (SSSR count). The van der Waals surface area contributed by atoms with Gasteiger partial charge in [-0.3, -0.25) is 4.79 Å². The van der Waals surface area contributed by atoms with Gasteiger partial charge in [-0.25, -0.2) is 0 Å². The summed E-state index contributed by atoms with van der Waals surface area (Å²) in [7, 11) is 0. The van der Waals surface area contributed by atoms with Gasteiger partial charge < -0.3 is 14.8 Å². The molecule has 18 heavy (non-hydrogen) atoms. The zero-order valence-electron chi connectivity index (χ0n) is 10.3. The minimum atomic E-state index is -0.977. The van der Waals surface area contributed by atoms with Crippen molar-refractivity contribution < 1.29 is 15.0 Å². The Bertz CT molecular complexity index is 559. The summed E-state index contributed by atoms with van der Waals surface area (Å²) in [6, 6.07) is 8.08. The van der Waals surface area contributed by atoms with Crippen molar-refractivity contribution in [2.24, 2.45) is 0 Å². The van der Waals surface area contributed by atoms with Crippen LogP contribution in [0.1, 0.15) is 18.9 Å². The lowest BCUT2D eigenvalue weighted by molar-refractivity contribution is -0.139. The van der Waals surface area contributed by atoms with Gasteiger partial charge in [0, 0.05) is 12.7 Å².